The van der Waals surface area contributed by atoms with Crippen molar-refractivity contribution >= 4 is 17.2 Å². The first kappa shape index (κ1) is 15.7. The number of aliphatic hydroxyl groups is 1. The van der Waals surface area contributed by atoms with Gasteiger partial charge in [0.2, 0.25) is 0 Å². The molecule has 110 valence electrons. The number of benzene rings is 2. The lowest BCUT2D eigenvalue weighted by Gasteiger charge is -2.29. The molecular formula is C18H21NOS. The monoisotopic (exact) mass is 299 g/mol. The molecule has 3 heteroatoms. The number of nitrogens with one attached hydrogen (secondary N) is 1. The molecule has 2 aromatic carbocycles. The van der Waals surface area contributed by atoms with Crippen molar-refractivity contribution in [2.45, 2.75) is 26.0 Å². The zero-order valence-electron chi connectivity index (χ0n) is 12.4. The van der Waals surface area contributed by atoms with Crippen molar-refractivity contribution in [2.75, 3.05) is 0 Å². The van der Waals surface area contributed by atoms with E-state index in [2.05, 4.69) is 17.4 Å². The van der Waals surface area contributed by atoms with Crippen LogP contribution in [-0.4, -0.2) is 16.2 Å². The van der Waals surface area contributed by atoms with E-state index >= 15 is 0 Å². The fourth-order valence-corrected chi connectivity index (χ4v) is 2.53. The molecule has 0 aliphatic heterocycles. The Morgan fingerprint density at radius 2 is 1.48 bits per heavy atom. The maximum absolute atomic E-state index is 9.95. The molecule has 21 heavy (non-hydrogen) atoms. The lowest BCUT2D eigenvalue weighted by atomic mass is 9.90. The van der Waals surface area contributed by atoms with Crippen LogP contribution in [-0.2, 0) is 0 Å². The summed E-state index contributed by atoms with van der Waals surface area (Å²) in [4.78, 5) is 0.706. The minimum absolute atomic E-state index is 0.0149. The molecule has 0 unspecified atom stereocenters. The van der Waals surface area contributed by atoms with E-state index in [4.69, 9.17) is 12.2 Å². The summed E-state index contributed by atoms with van der Waals surface area (Å²) in [5.41, 5.74) is 2.12. The van der Waals surface area contributed by atoms with E-state index in [9.17, 15) is 5.11 Å². The van der Waals surface area contributed by atoms with Gasteiger partial charge in [0.25, 0.3) is 0 Å². The molecule has 2 rings (SSSR count). The number of hydrogen-bond acceptors (Lipinski definition) is 2. The summed E-state index contributed by atoms with van der Waals surface area (Å²) in [7, 11) is 0. The van der Waals surface area contributed by atoms with Crippen LogP contribution < -0.4 is 5.32 Å². The predicted molar refractivity (Wildman–Crippen MR) is 91.3 cm³/mol. The summed E-state index contributed by atoms with van der Waals surface area (Å²) in [6, 6.07) is 20.0. The van der Waals surface area contributed by atoms with Gasteiger partial charge >= 0.3 is 0 Å². The highest BCUT2D eigenvalue weighted by Gasteiger charge is 2.24. The van der Waals surface area contributed by atoms with Crippen molar-refractivity contribution < 1.29 is 5.11 Å². The van der Waals surface area contributed by atoms with Crippen LogP contribution in [0.2, 0.25) is 0 Å². The van der Waals surface area contributed by atoms with Crippen LogP contribution >= 0.6 is 12.2 Å². The van der Waals surface area contributed by atoms with Crippen LogP contribution in [0.3, 0.4) is 0 Å². The molecule has 0 heterocycles. The topological polar surface area (TPSA) is 32.3 Å². The molecule has 0 amide bonds. The first-order valence-corrected chi connectivity index (χ1v) is 7.59. The summed E-state index contributed by atoms with van der Waals surface area (Å²) in [6.45, 7) is 3.84. The highest BCUT2D eigenvalue weighted by Crippen LogP contribution is 2.25. The lowest BCUT2D eigenvalue weighted by Crippen LogP contribution is -2.35. The van der Waals surface area contributed by atoms with Crippen molar-refractivity contribution in [1.29, 1.82) is 0 Å². The van der Waals surface area contributed by atoms with Gasteiger partial charge in [0, 0.05) is 11.5 Å². The van der Waals surface area contributed by atoms with E-state index in [0.717, 1.165) is 11.1 Å². The van der Waals surface area contributed by atoms with Gasteiger partial charge in [-0.2, -0.15) is 0 Å². The van der Waals surface area contributed by atoms with Gasteiger partial charge in [-0.1, -0.05) is 79.8 Å². The fraction of sp³-hybridized carbons (Fsp3) is 0.278. The average molecular weight is 299 g/mol. The molecular weight excluding hydrogens is 278 g/mol. The van der Waals surface area contributed by atoms with Gasteiger partial charge in [-0.3, -0.25) is 0 Å². The molecule has 0 fully saturated rings. The van der Waals surface area contributed by atoms with E-state index in [-0.39, 0.29) is 12.0 Å². The maximum Gasteiger partial charge on any atom is 0.107 e. The van der Waals surface area contributed by atoms with Gasteiger partial charge in [-0.05, 0) is 12.5 Å². The van der Waals surface area contributed by atoms with Gasteiger partial charge in [-0.25, -0.2) is 0 Å². The third-order valence-electron chi connectivity index (χ3n) is 3.77. The zero-order chi connectivity index (χ0) is 15.2. The van der Waals surface area contributed by atoms with Crippen molar-refractivity contribution in [2.24, 2.45) is 5.92 Å². The quantitative estimate of drug-likeness (QED) is 0.826. The molecule has 0 aromatic heterocycles. The third kappa shape index (κ3) is 4.13. The Balaban J connectivity index is 2.23. The number of rotatable bonds is 5. The van der Waals surface area contributed by atoms with Crippen LogP contribution in [0, 0.1) is 5.92 Å². The van der Waals surface area contributed by atoms with Gasteiger partial charge in [-0.15, -0.1) is 0 Å². The molecule has 0 aliphatic rings. The molecule has 0 spiro atoms. The predicted octanol–water partition coefficient (Wildman–Crippen LogP) is 3.71. The first-order valence-electron chi connectivity index (χ1n) is 7.18. The van der Waals surface area contributed by atoms with Crippen LogP contribution in [0.4, 0.5) is 0 Å². The summed E-state index contributed by atoms with van der Waals surface area (Å²) >= 11 is 5.51. The molecule has 2 N–H and O–H groups in total. The van der Waals surface area contributed by atoms with Crippen molar-refractivity contribution in [3.63, 3.8) is 0 Å². The molecule has 0 bridgehead atoms. The van der Waals surface area contributed by atoms with Crippen molar-refractivity contribution in [1.82, 2.24) is 5.32 Å². The second-order valence-corrected chi connectivity index (χ2v) is 5.74. The van der Waals surface area contributed by atoms with Crippen molar-refractivity contribution in [3.05, 3.63) is 71.8 Å². The molecule has 2 aromatic rings. The summed E-state index contributed by atoms with van der Waals surface area (Å²) < 4.78 is 0. The van der Waals surface area contributed by atoms with Crippen LogP contribution in [0.1, 0.15) is 31.0 Å². The Hall–Kier alpha value is -1.71. The number of hydrogen-bond donors (Lipinski definition) is 2. The highest BCUT2D eigenvalue weighted by atomic mass is 32.1. The van der Waals surface area contributed by atoms with E-state index in [0.29, 0.717) is 4.99 Å². The highest BCUT2D eigenvalue weighted by molar-refractivity contribution is 7.80. The van der Waals surface area contributed by atoms with Crippen LogP contribution in [0.5, 0.6) is 0 Å². The average Bonchev–Trinajstić information content (AvgIpc) is 2.53. The van der Waals surface area contributed by atoms with Gasteiger partial charge in [0.15, 0.2) is 0 Å². The minimum atomic E-state index is -0.415. The standard InChI is InChI=1S/C18H21NOS/c1-13(14(2)20)17(15-9-5-3-6-10-15)19-18(21)16-11-7-4-8-12-16/h3-14,17,20H,1-2H3,(H,19,21)/t13-,14+,17-/m0/s1. The van der Waals surface area contributed by atoms with E-state index in [1.807, 2.05) is 62.4 Å². The second kappa shape index (κ2) is 7.34. The second-order valence-electron chi connectivity index (χ2n) is 5.33. The van der Waals surface area contributed by atoms with Gasteiger partial charge in [0.05, 0.1) is 12.1 Å². The summed E-state index contributed by atoms with van der Waals surface area (Å²) in [5.74, 6) is 0.0501. The van der Waals surface area contributed by atoms with Gasteiger partial charge < -0.3 is 10.4 Å². The Morgan fingerprint density at radius 3 is 2.00 bits per heavy atom. The summed E-state index contributed by atoms with van der Waals surface area (Å²) in [6.07, 6.45) is -0.415. The largest absolute Gasteiger partial charge is 0.393 e. The Labute approximate surface area is 131 Å². The summed E-state index contributed by atoms with van der Waals surface area (Å²) in [5, 5.41) is 13.4. The normalized spacial score (nSPS) is 15.0. The van der Waals surface area contributed by atoms with Crippen LogP contribution in [0.25, 0.3) is 0 Å². The fourth-order valence-electron chi connectivity index (χ4n) is 2.27. The van der Waals surface area contributed by atoms with E-state index < -0.39 is 6.10 Å². The zero-order valence-corrected chi connectivity index (χ0v) is 13.2. The minimum Gasteiger partial charge on any atom is -0.393 e. The first-order chi connectivity index (χ1) is 10.1. The maximum atomic E-state index is 9.95. The number of aliphatic hydroxyl groups excluding tert-OH is 1. The molecule has 3 atom stereocenters. The van der Waals surface area contributed by atoms with E-state index in [1.54, 1.807) is 0 Å². The molecule has 0 saturated carbocycles. The molecule has 2 nitrogen and oxygen atoms in total. The Kier molecular flexibility index (Phi) is 5.48. The van der Waals surface area contributed by atoms with Gasteiger partial charge in [0.1, 0.15) is 4.99 Å². The SMILES string of the molecule is C[C@H]([C@H](NC(=S)c1ccccc1)c1ccccc1)[C@@H](C)O. The molecule has 0 aliphatic carbocycles. The molecule has 0 radical (unpaired) electrons. The molecule has 0 saturated heterocycles. The Bertz CT molecular complexity index is 568. The third-order valence-corrected chi connectivity index (χ3v) is 4.12. The van der Waals surface area contributed by atoms with Crippen molar-refractivity contribution in [3.8, 4) is 0 Å². The lowest BCUT2D eigenvalue weighted by molar-refractivity contribution is 0.115. The van der Waals surface area contributed by atoms with Crippen LogP contribution in [0.15, 0.2) is 60.7 Å². The number of thiocarbonyl (C=S) groups is 1. The Morgan fingerprint density at radius 1 is 0.952 bits per heavy atom. The van der Waals surface area contributed by atoms with E-state index in [1.165, 1.54) is 0 Å². The smallest absolute Gasteiger partial charge is 0.107 e.